The second-order valence-corrected chi connectivity index (χ2v) is 5.87. The molecule has 8 heteroatoms. The van der Waals surface area contributed by atoms with Gasteiger partial charge in [-0.05, 0) is 17.8 Å². The Kier molecular flexibility index (Phi) is 5.11. The zero-order chi connectivity index (χ0) is 17.8. The van der Waals surface area contributed by atoms with Gasteiger partial charge in [-0.3, -0.25) is 14.2 Å². The lowest BCUT2D eigenvalue weighted by molar-refractivity contribution is -0.121. The third kappa shape index (κ3) is 3.54. The fraction of sp³-hybridized carbons (Fsp3) is 0.235. The summed E-state index contributed by atoms with van der Waals surface area (Å²) < 4.78 is 6.32. The van der Waals surface area contributed by atoms with E-state index in [1.165, 1.54) is 4.57 Å². The number of aromatic amines is 2. The summed E-state index contributed by atoms with van der Waals surface area (Å²) in [6.45, 7) is 0.639. The van der Waals surface area contributed by atoms with Gasteiger partial charge in [0.15, 0.2) is 4.77 Å². The Morgan fingerprint density at radius 3 is 2.76 bits per heavy atom. The van der Waals surface area contributed by atoms with E-state index in [0.717, 1.165) is 11.1 Å². The molecule has 130 valence electrons. The van der Waals surface area contributed by atoms with Crippen molar-refractivity contribution in [2.75, 3.05) is 20.3 Å². The van der Waals surface area contributed by atoms with E-state index in [2.05, 4.69) is 15.3 Å². The molecular weight excluding hydrogens is 340 g/mol. The van der Waals surface area contributed by atoms with Gasteiger partial charge in [0.1, 0.15) is 12.1 Å². The lowest BCUT2D eigenvalue weighted by atomic mass is 10.1. The molecule has 0 fully saturated rings. The number of carbonyl (C=O) groups is 1. The number of ether oxygens (including phenoxy) is 1. The third-order valence-corrected chi connectivity index (χ3v) is 4.15. The van der Waals surface area contributed by atoms with E-state index < -0.39 is 0 Å². The first kappa shape index (κ1) is 17.1. The van der Waals surface area contributed by atoms with Gasteiger partial charge >= 0.3 is 0 Å². The van der Waals surface area contributed by atoms with Gasteiger partial charge in [-0.25, -0.2) is 0 Å². The summed E-state index contributed by atoms with van der Waals surface area (Å²) in [5.41, 5.74) is 2.52. The van der Waals surface area contributed by atoms with Gasteiger partial charge in [-0.2, -0.15) is 0 Å². The number of methoxy groups -OCH3 is 1. The first-order valence-corrected chi connectivity index (χ1v) is 8.18. The number of carbonyl (C=O) groups excluding carboxylic acids is 1. The summed E-state index contributed by atoms with van der Waals surface area (Å²) in [6, 6.07) is 9.68. The van der Waals surface area contributed by atoms with E-state index in [0.29, 0.717) is 24.2 Å². The van der Waals surface area contributed by atoms with Crippen LogP contribution in [0.15, 0.2) is 41.3 Å². The molecule has 0 saturated heterocycles. The van der Waals surface area contributed by atoms with Crippen molar-refractivity contribution in [1.82, 2.24) is 19.9 Å². The molecule has 2 heterocycles. The maximum atomic E-state index is 12.7. The maximum Gasteiger partial charge on any atom is 0.279 e. The quantitative estimate of drug-likeness (QED) is 0.463. The molecular formula is C17H18N4O3S. The molecule has 7 nitrogen and oxygen atoms in total. The lowest BCUT2D eigenvalue weighted by Crippen LogP contribution is -2.34. The van der Waals surface area contributed by atoms with Gasteiger partial charge in [0.05, 0.1) is 12.1 Å². The van der Waals surface area contributed by atoms with Crippen LogP contribution in [0.5, 0.6) is 0 Å². The highest BCUT2D eigenvalue weighted by Gasteiger charge is 2.14. The topological polar surface area (TPSA) is 91.9 Å². The van der Waals surface area contributed by atoms with Crippen molar-refractivity contribution in [1.29, 1.82) is 0 Å². The highest BCUT2D eigenvalue weighted by molar-refractivity contribution is 7.71. The molecule has 2 aromatic heterocycles. The van der Waals surface area contributed by atoms with Gasteiger partial charge in [-0.1, -0.05) is 30.3 Å². The highest BCUT2D eigenvalue weighted by atomic mass is 32.1. The molecule has 3 rings (SSSR count). The number of hydrogen-bond donors (Lipinski definition) is 3. The number of rotatable bonds is 6. The second kappa shape index (κ2) is 7.45. The number of amides is 1. The maximum absolute atomic E-state index is 12.7. The van der Waals surface area contributed by atoms with Crippen molar-refractivity contribution in [3.8, 4) is 11.1 Å². The van der Waals surface area contributed by atoms with E-state index in [4.69, 9.17) is 17.0 Å². The highest BCUT2D eigenvalue weighted by Crippen LogP contribution is 2.25. The first-order chi connectivity index (χ1) is 12.1. The smallest absolute Gasteiger partial charge is 0.279 e. The molecule has 0 saturated carbocycles. The molecule has 0 aliphatic heterocycles. The molecule has 0 spiro atoms. The monoisotopic (exact) mass is 358 g/mol. The second-order valence-electron chi connectivity index (χ2n) is 5.48. The van der Waals surface area contributed by atoms with Crippen LogP contribution in [0.1, 0.15) is 0 Å². The first-order valence-electron chi connectivity index (χ1n) is 7.77. The fourth-order valence-corrected chi connectivity index (χ4v) is 2.85. The minimum absolute atomic E-state index is 0.145. The number of nitrogens with one attached hydrogen (secondary N) is 3. The van der Waals surface area contributed by atoms with Crippen LogP contribution >= 0.6 is 12.2 Å². The third-order valence-electron chi connectivity index (χ3n) is 3.83. The molecule has 0 atom stereocenters. The summed E-state index contributed by atoms with van der Waals surface area (Å²) in [5.74, 6) is -0.298. The van der Waals surface area contributed by atoms with Gasteiger partial charge in [0, 0.05) is 25.4 Å². The van der Waals surface area contributed by atoms with Crippen LogP contribution in [-0.2, 0) is 16.1 Å². The van der Waals surface area contributed by atoms with Gasteiger partial charge in [0.2, 0.25) is 5.91 Å². The minimum Gasteiger partial charge on any atom is -0.383 e. The van der Waals surface area contributed by atoms with E-state index in [1.807, 2.05) is 30.3 Å². The fourth-order valence-electron chi connectivity index (χ4n) is 2.60. The van der Waals surface area contributed by atoms with Crippen LogP contribution in [0.3, 0.4) is 0 Å². The van der Waals surface area contributed by atoms with Crippen LogP contribution in [0.25, 0.3) is 22.2 Å². The Bertz CT molecular complexity index is 1000. The predicted molar refractivity (Wildman–Crippen MR) is 98.1 cm³/mol. The van der Waals surface area contributed by atoms with Crippen molar-refractivity contribution in [3.63, 3.8) is 0 Å². The van der Waals surface area contributed by atoms with Crippen molar-refractivity contribution in [2.45, 2.75) is 6.54 Å². The molecule has 3 N–H and O–H groups in total. The summed E-state index contributed by atoms with van der Waals surface area (Å²) >= 11 is 5.29. The molecule has 0 aliphatic carbocycles. The Morgan fingerprint density at radius 1 is 1.28 bits per heavy atom. The molecule has 25 heavy (non-hydrogen) atoms. The number of hydrogen-bond acceptors (Lipinski definition) is 4. The Labute approximate surface area is 148 Å². The van der Waals surface area contributed by atoms with Crippen molar-refractivity contribution >= 4 is 29.2 Å². The summed E-state index contributed by atoms with van der Waals surface area (Å²) in [7, 11) is 1.55. The molecule has 0 aliphatic rings. The normalized spacial score (nSPS) is 10.9. The number of fused-ring (bicyclic) bond motifs is 1. The zero-order valence-corrected chi connectivity index (χ0v) is 14.5. The number of H-pyrrole nitrogens is 2. The number of nitrogens with zero attached hydrogens (tertiary/aromatic N) is 1. The molecule has 1 aromatic carbocycles. The molecule has 1 amide bonds. The average molecular weight is 358 g/mol. The van der Waals surface area contributed by atoms with E-state index in [9.17, 15) is 9.59 Å². The Hall–Kier alpha value is -2.71. The van der Waals surface area contributed by atoms with Crippen molar-refractivity contribution in [2.24, 2.45) is 0 Å². The zero-order valence-electron chi connectivity index (χ0n) is 13.7. The van der Waals surface area contributed by atoms with E-state index in [-0.39, 0.29) is 22.8 Å². The van der Waals surface area contributed by atoms with E-state index >= 15 is 0 Å². The standard InChI is InChI=1S/C17H18N4O3S/c1-24-8-7-18-13(22)10-21-16(23)15-14(20-17(21)25)12(9-19-15)11-5-3-2-4-6-11/h2-6,9,19H,7-8,10H2,1H3,(H,18,22)(H,20,25). The number of benzene rings is 1. The molecule has 3 aromatic rings. The van der Waals surface area contributed by atoms with Gasteiger partial charge in [0.25, 0.3) is 5.56 Å². The van der Waals surface area contributed by atoms with Gasteiger partial charge in [-0.15, -0.1) is 0 Å². The van der Waals surface area contributed by atoms with Crippen molar-refractivity contribution < 1.29 is 9.53 Å². The van der Waals surface area contributed by atoms with Crippen LogP contribution in [-0.4, -0.2) is 40.7 Å². The Morgan fingerprint density at radius 2 is 2.04 bits per heavy atom. The summed E-state index contributed by atoms with van der Waals surface area (Å²) in [4.78, 5) is 30.7. The minimum atomic E-state index is -0.331. The molecule has 0 bridgehead atoms. The predicted octanol–water partition coefficient (Wildman–Crippen LogP) is 1.82. The van der Waals surface area contributed by atoms with Crippen LogP contribution in [0.2, 0.25) is 0 Å². The van der Waals surface area contributed by atoms with Crippen LogP contribution in [0, 0.1) is 4.77 Å². The molecule has 0 unspecified atom stereocenters. The Balaban J connectivity index is 1.97. The number of aromatic nitrogens is 3. The van der Waals surface area contributed by atoms with E-state index in [1.54, 1.807) is 13.3 Å². The average Bonchev–Trinajstić information content (AvgIpc) is 3.03. The largest absolute Gasteiger partial charge is 0.383 e. The summed E-state index contributed by atoms with van der Waals surface area (Å²) in [6.07, 6.45) is 1.76. The van der Waals surface area contributed by atoms with Crippen LogP contribution < -0.4 is 10.9 Å². The summed E-state index contributed by atoms with van der Waals surface area (Å²) in [5, 5.41) is 2.67. The lowest BCUT2D eigenvalue weighted by Gasteiger charge is -2.08. The van der Waals surface area contributed by atoms with Gasteiger partial charge < -0.3 is 20.0 Å². The SMILES string of the molecule is COCCNC(=O)Cn1c(=S)[nH]c2c(-c3ccccc3)c[nH]c2c1=O. The van der Waals surface area contributed by atoms with Crippen molar-refractivity contribution in [3.05, 3.63) is 51.7 Å². The molecule has 0 radical (unpaired) electrons. The van der Waals surface area contributed by atoms with Crippen LogP contribution in [0.4, 0.5) is 0 Å².